The molecule has 3 aliphatic rings. The van der Waals surface area contributed by atoms with Gasteiger partial charge in [-0.2, -0.15) is 13.2 Å². The molecule has 3 aliphatic heterocycles. The highest BCUT2D eigenvalue weighted by atomic mass is 19.4. The Morgan fingerprint density at radius 3 is 2.20 bits per heavy atom. The summed E-state index contributed by atoms with van der Waals surface area (Å²) >= 11 is 0. The first-order valence-electron chi connectivity index (χ1n) is 16.7. The van der Waals surface area contributed by atoms with E-state index in [4.69, 9.17) is 9.84 Å². The van der Waals surface area contributed by atoms with Gasteiger partial charge in [-0.05, 0) is 56.5 Å². The zero-order valence-corrected chi connectivity index (χ0v) is 29.6. The fraction of sp³-hybridized carbons (Fsp3) is 0.405. The summed E-state index contributed by atoms with van der Waals surface area (Å²) in [5.74, 6) is -4.40. The molecule has 2 atom stereocenters. The van der Waals surface area contributed by atoms with E-state index in [1.54, 1.807) is 18.2 Å². The first kappa shape index (κ1) is 40.6. The van der Waals surface area contributed by atoms with E-state index < -0.39 is 52.9 Å². The molecule has 1 amide bonds. The number of carbonyl (C=O) groups is 2. The van der Waals surface area contributed by atoms with Crippen molar-refractivity contribution in [2.45, 2.75) is 72.7 Å². The van der Waals surface area contributed by atoms with Gasteiger partial charge in [0.05, 0.1) is 35.4 Å². The van der Waals surface area contributed by atoms with Gasteiger partial charge in [0.25, 0.3) is 11.5 Å². The number of carbonyl (C=O) groups excluding carboxylic acids is 1. The predicted molar refractivity (Wildman–Crippen MR) is 186 cm³/mol. The lowest BCUT2D eigenvalue weighted by molar-refractivity contribution is -0.137. The molecule has 0 saturated carbocycles. The van der Waals surface area contributed by atoms with Crippen LogP contribution in [-0.2, 0) is 22.8 Å². The summed E-state index contributed by atoms with van der Waals surface area (Å²) in [7, 11) is 1.46. The molecule has 2 aromatic carbocycles. The van der Waals surface area contributed by atoms with E-state index in [0.29, 0.717) is 24.4 Å². The number of alkyl halides is 3. The number of morpholine rings is 1. The number of hydrogen-bond donors (Lipinski definition) is 2. The van der Waals surface area contributed by atoms with Crippen LogP contribution in [0.15, 0.2) is 53.5 Å². The number of nitrogens with zero attached hydrogens (tertiary/aromatic N) is 3. The highest BCUT2D eigenvalue weighted by molar-refractivity contribution is 5.97. The fourth-order valence-corrected chi connectivity index (χ4v) is 5.88. The minimum atomic E-state index is -4.63. The largest absolute Gasteiger partial charge is 0.480 e. The Balaban J connectivity index is 0.000000251. The molecule has 0 radical (unpaired) electrons. The molecule has 2 N–H and O–H groups in total. The van der Waals surface area contributed by atoms with Crippen LogP contribution >= 0.6 is 0 Å². The third-order valence-corrected chi connectivity index (χ3v) is 8.41. The van der Waals surface area contributed by atoms with Gasteiger partial charge in [-0.3, -0.25) is 19.4 Å². The van der Waals surface area contributed by atoms with Gasteiger partial charge in [0.1, 0.15) is 23.7 Å². The third kappa shape index (κ3) is 9.09. The Bertz CT molecular complexity index is 1900. The molecule has 2 unspecified atom stereocenters. The van der Waals surface area contributed by atoms with Crippen molar-refractivity contribution < 1.29 is 41.4 Å². The van der Waals surface area contributed by atoms with Crippen molar-refractivity contribution in [1.29, 1.82) is 0 Å². The highest BCUT2D eigenvalue weighted by Crippen LogP contribution is 2.38. The number of fused-ring (bicyclic) bond motifs is 4. The van der Waals surface area contributed by atoms with Crippen molar-refractivity contribution >= 4 is 28.5 Å². The lowest BCUT2D eigenvalue weighted by Crippen LogP contribution is -2.54. The summed E-state index contributed by atoms with van der Waals surface area (Å²) in [6, 6.07) is 10.0. The number of amides is 1. The fourth-order valence-electron chi connectivity index (χ4n) is 5.88. The zero-order chi connectivity index (χ0) is 38.2. The van der Waals surface area contributed by atoms with E-state index in [0.717, 1.165) is 42.0 Å². The molecule has 14 heteroatoms. The van der Waals surface area contributed by atoms with E-state index >= 15 is 0 Å². The second-order valence-electron chi connectivity index (χ2n) is 11.5. The number of anilines is 1. The molecule has 5 heterocycles. The smallest absolute Gasteiger partial charge is 0.417 e. The van der Waals surface area contributed by atoms with E-state index in [1.165, 1.54) is 30.8 Å². The van der Waals surface area contributed by atoms with Crippen molar-refractivity contribution in [3.63, 3.8) is 0 Å². The molecule has 4 aromatic rings. The number of aryl methyl sites for hydroxylation is 2. The van der Waals surface area contributed by atoms with Crippen LogP contribution in [0.1, 0.15) is 67.7 Å². The number of aliphatic carboxylic acids is 1. The van der Waals surface area contributed by atoms with E-state index in [1.807, 2.05) is 44.8 Å². The molecular formula is C37H43F5N4O5. The van der Waals surface area contributed by atoms with Crippen molar-refractivity contribution in [3.05, 3.63) is 93.0 Å². The van der Waals surface area contributed by atoms with E-state index in [-0.39, 0.29) is 29.0 Å². The van der Waals surface area contributed by atoms with E-state index in [9.17, 15) is 36.3 Å². The minimum absolute atomic E-state index is 0.0599. The Hall–Kier alpha value is -4.85. The Morgan fingerprint density at radius 1 is 1.02 bits per heavy atom. The number of carboxylic acids is 1. The Morgan fingerprint density at radius 2 is 1.67 bits per heavy atom. The van der Waals surface area contributed by atoms with Gasteiger partial charge in [0, 0.05) is 42.1 Å². The standard InChI is InChI=1S/C18H15F3N2O.C15H16F2N2O4.2C2H6/c1-10-6-7-13(16-12(10)5-4-8-22-16)15-14(18(19,20)21)9-11(2)23(3)17(15)24;16-11-3-9(19-6-10-2-1-8(19)7-23-10)4-12(17)14(11)15(22)18-5-13(20)21;2*1-2/h4-9H,1-3H3;3-4,8,10H,1-2,5-7H2,(H,18,22)(H,20,21);2*1-2H3. The summed E-state index contributed by atoms with van der Waals surface area (Å²) in [4.78, 5) is 40.9. The molecule has 2 bridgehead atoms. The normalized spacial score (nSPS) is 16.2. The van der Waals surface area contributed by atoms with Crippen LogP contribution in [0.25, 0.3) is 22.0 Å². The number of nitrogens with one attached hydrogen (secondary N) is 1. The van der Waals surface area contributed by atoms with Crippen molar-refractivity contribution in [1.82, 2.24) is 14.9 Å². The third-order valence-electron chi connectivity index (χ3n) is 8.41. The SMILES string of the molecule is CC.CC.Cc1ccc(-c2c(C(F)(F)F)cc(C)n(C)c2=O)c2ncccc12.O=C(O)CNC(=O)c1c(F)cc(N2CC3CCC2CO3)cc1F. The molecule has 0 aliphatic carbocycles. The van der Waals surface area contributed by atoms with Gasteiger partial charge < -0.3 is 24.6 Å². The molecule has 7 rings (SSSR count). The predicted octanol–water partition coefficient (Wildman–Crippen LogP) is 7.44. The first-order valence-corrected chi connectivity index (χ1v) is 16.7. The van der Waals surface area contributed by atoms with E-state index in [2.05, 4.69) is 4.98 Å². The van der Waals surface area contributed by atoms with Crippen molar-refractivity contribution in [2.75, 3.05) is 24.6 Å². The number of carboxylic acid groups (broad SMARTS) is 1. The molecule has 9 nitrogen and oxygen atoms in total. The van der Waals surface area contributed by atoms with Gasteiger partial charge in [-0.15, -0.1) is 0 Å². The average molecular weight is 719 g/mol. The van der Waals surface area contributed by atoms with Crippen LogP contribution in [0.3, 0.4) is 0 Å². The molecule has 3 fully saturated rings. The molecule has 2 aromatic heterocycles. The van der Waals surface area contributed by atoms with Gasteiger partial charge >= 0.3 is 12.1 Å². The maximum absolute atomic E-state index is 14.2. The molecule has 0 spiro atoms. The molecular weight excluding hydrogens is 675 g/mol. The van der Waals surface area contributed by atoms with Gasteiger partial charge in [0.2, 0.25) is 0 Å². The van der Waals surface area contributed by atoms with Crippen LogP contribution in [0, 0.1) is 25.5 Å². The number of piperidine rings is 1. The van der Waals surface area contributed by atoms with Crippen LogP contribution in [0.2, 0.25) is 0 Å². The first-order chi connectivity index (χ1) is 24.2. The minimum Gasteiger partial charge on any atom is -0.480 e. The van der Waals surface area contributed by atoms with Crippen molar-refractivity contribution in [3.8, 4) is 11.1 Å². The monoisotopic (exact) mass is 718 g/mol. The number of halogens is 5. The quantitative estimate of drug-likeness (QED) is 0.206. The van der Waals surface area contributed by atoms with Gasteiger partial charge in [0.15, 0.2) is 0 Å². The van der Waals surface area contributed by atoms with Crippen LogP contribution in [-0.4, -0.2) is 58.4 Å². The molecule has 51 heavy (non-hydrogen) atoms. The summed E-state index contributed by atoms with van der Waals surface area (Å²) in [6.07, 6.45) is -1.22. The summed E-state index contributed by atoms with van der Waals surface area (Å²) in [5.41, 5.74) is -0.648. The summed E-state index contributed by atoms with van der Waals surface area (Å²) in [6.45, 7) is 11.7. The number of benzene rings is 2. The number of pyridine rings is 2. The zero-order valence-electron chi connectivity index (χ0n) is 29.6. The topological polar surface area (TPSA) is 114 Å². The lowest BCUT2D eigenvalue weighted by Gasteiger charge is -2.46. The second kappa shape index (κ2) is 17.4. The molecule has 3 saturated heterocycles. The van der Waals surface area contributed by atoms with Crippen molar-refractivity contribution in [2.24, 2.45) is 7.05 Å². The number of hydrogen-bond acceptors (Lipinski definition) is 6. The van der Waals surface area contributed by atoms with Crippen LogP contribution in [0.4, 0.5) is 27.6 Å². The second-order valence-corrected chi connectivity index (χ2v) is 11.5. The number of rotatable bonds is 5. The molecule has 276 valence electrons. The maximum atomic E-state index is 14.2. The van der Waals surface area contributed by atoms with Gasteiger partial charge in [-0.1, -0.05) is 45.9 Å². The lowest BCUT2D eigenvalue weighted by atomic mass is 9.95. The van der Waals surface area contributed by atoms with Crippen LogP contribution in [0.5, 0.6) is 0 Å². The summed E-state index contributed by atoms with van der Waals surface area (Å²) in [5, 5.41) is 11.2. The Kier molecular flexibility index (Phi) is 13.8. The number of aromatic nitrogens is 2. The maximum Gasteiger partial charge on any atom is 0.417 e. The Labute approximate surface area is 293 Å². The average Bonchev–Trinajstić information content (AvgIpc) is 3.12. The highest BCUT2D eigenvalue weighted by Gasteiger charge is 2.37. The van der Waals surface area contributed by atoms with Crippen LogP contribution < -0.4 is 15.8 Å². The number of ether oxygens (including phenoxy) is 1. The summed E-state index contributed by atoms with van der Waals surface area (Å²) < 4.78 is 75.7. The van der Waals surface area contributed by atoms with Gasteiger partial charge in [-0.25, -0.2) is 8.78 Å².